The van der Waals surface area contributed by atoms with Crippen molar-refractivity contribution in [2.75, 3.05) is 50.1 Å². The number of nitrogens with zero attached hydrogens (tertiary/aromatic N) is 3. The van der Waals surface area contributed by atoms with E-state index in [1.807, 2.05) is 12.1 Å². The number of rotatable bonds is 6. The molecule has 1 fully saturated rings. The Morgan fingerprint density at radius 3 is 2.57 bits per heavy atom. The van der Waals surface area contributed by atoms with Crippen LogP contribution in [-0.2, 0) is 4.79 Å². The minimum absolute atomic E-state index is 0.0779. The van der Waals surface area contributed by atoms with Crippen molar-refractivity contribution < 1.29 is 19.2 Å². The van der Waals surface area contributed by atoms with Crippen LogP contribution in [0.15, 0.2) is 42.5 Å². The molecule has 0 aliphatic carbocycles. The Balaban J connectivity index is 1.28. The van der Waals surface area contributed by atoms with Gasteiger partial charge in [0.2, 0.25) is 0 Å². The molecule has 2 aromatic carbocycles. The van der Waals surface area contributed by atoms with Crippen LogP contribution in [0.5, 0.6) is 11.5 Å². The smallest absolute Gasteiger partial charge is 0.271 e. The predicted molar refractivity (Wildman–Crippen MR) is 112 cm³/mol. The van der Waals surface area contributed by atoms with Crippen molar-refractivity contribution in [2.24, 2.45) is 0 Å². The summed E-state index contributed by atoms with van der Waals surface area (Å²) in [6.07, 6.45) is -0.0382. The van der Waals surface area contributed by atoms with Crippen LogP contribution in [-0.4, -0.2) is 61.7 Å². The average Bonchev–Trinajstić information content (AvgIpc) is 2.77. The largest absolute Gasteiger partial charge is 0.497 e. The van der Waals surface area contributed by atoms with E-state index in [1.165, 1.54) is 23.9 Å². The standard InChI is InChI=1S/C21H24N4O5/c1-29-17-5-2-15(3-6-17)24-12-10-23(11-13-24)9-8-20-21(26)22-18-14-16(25(27)28)4-7-19(18)30-20/h2-7,14,20H,8-13H2,1H3,(H,22,26). The number of hydrogen-bond donors (Lipinski definition) is 1. The SMILES string of the molecule is COc1ccc(N2CCN(CCC3Oc4ccc([N+](=O)[O-])cc4NC3=O)CC2)cc1. The second-order valence-corrected chi connectivity index (χ2v) is 7.35. The fourth-order valence-electron chi connectivity index (χ4n) is 3.76. The Kier molecular flexibility index (Phi) is 5.71. The highest BCUT2D eigenvalue weighted by Gasteiger charge is 2.29. The van der Waals surface area contributed by atoms with E-state index in [-0.39, 0.29) is 11.6 Å². The van der Waals surface area contributed by atoms with Crippen LogP contribution in [0.4, 0.5) is 17.1 Å². The van der Waals surface area contributed by atoms with Crippen molar-refractivity contribution in [3.05, 3.63) is 52.6 Å². The predicted octanol–water partition coefficient (Wildman–Crippen LogP) is 2.52. The van der Waals surface area contributed by atoms with Gasteiger partial charge in [-0.2, -0.15) is 0 Å². The van der Waals surface area contributed by atoms with Crippen LogP contribution in [0, 0.1) is 10.1 Å². The molecule has 4 rings (SSSR count). The highest BCUT2D eigenvalue weighted by Crippen LogP contribution is 2.33. The van der Waals surface area contributed by atoms with Gasteiger partial charge in [0.05, 0.1) is 17.7 Å². The quantitative estimate of drug-likeness (QED) is 0.575. The fourth-order valence-corrected chi connectivity index (χ4v) is 3.76. The molecule has 158 valence electrons. The first kappa shape index (κ1) is 20.0. The lowest BCUT2D eigenvalue weighted by molar-refractivity contribution is -0.384. The number of nitro benzene ring substituents is 1. The third kappa shape index (κ3) is 4.30. The van der Waals surface area contributed by atoms with Crippen molar-refractivity contribution in [3.8, 4) is 11.5 Å². The molecule has 2 aliphatic rings. The third-order valence-electron chi connectivity index (χ3n) is 5.51. The fraction of sp³-hybridized carbons (Fsp3) is 0.381. The molecule has 1 N–H and O–H groups in total. The van der Waals surface area contributed by atoms with Gasteiger partial charge in [-0.3, -0.25) is 19.8 Å². The van der Waals surface area contributed by atoms with Crippen molar-refractivity contribution in [1.82, 2.24) is 4.90 Å². The molecule has 0 spiro atoms. The first-order valence-corrected chi connectivity index (χ1v) is 9.91. The molecular formula is C21H24N4O5. The Bertz CT molecular complexity index is 925. The second-order valence-electron chi connectivity index (χ2n) is 7.35. The summed E-state index contributed by atoms with van der Waals surface area (Å²) in [5.41, 5.74) is 1.44. The van der Waals surface area contributed by atoms with E-state index in [1.54, 1.807) is 7.11 Å². The number of hydrogen-bond acceptors (Lipinski definition) is 7. The number of piperazine rings is 1. The molecule has 2 heterocycles. The number of fused-ring (bicyclic) bond motifs is 1. The zero-order valence-electron chi connectivity index (χ0n) is 16.7. The van der Waals surface area contributed by atoms with E-state index in [0.29, 0.717) is 17.9 Å². The molecule has 1 atom stereocenters. The van der Waals surface area contributed by atoms with Crippen LogP contribution >= 0.6 is 0 Å². The number of anilines is 2. The summed E-state index contributed by atoms with van der Waals surface area (Å²) in [6.45, 7) is 4.39. The highest BCUT2D eigenvalue weighted by molar-refractivity contribution is 5.98. The molecule has 1 unspecified atom stereocenters. The maximum atomic E-state index is 12.4. The van der Waals surface area contributed by atoms with Crippen molar-refractivity contribution in [3.63, 3.8) is 0 Å². The number of methoxy groups -OCH3 is 1. The van der Waals surface area contributed by atoms with Gasteiger partial charge in [-0.05, 0) is 30.3 Å². The Hall–Kier alpha value is -3.33. The van der Waals surface area contributed by atoms with Crippen LogP contribution in [0.3, 0.4) is 0 Å². The van der Waals surface area contributed by atoms with E-state index < -0.39 is 11.0 Å². The van der Waals surface area contributed by atoms with Gasteiger partial charge in [-0.1, -0.05) is 0 Å². The number of nitrogens with one attached hydrogen (secondary N) is 1. The lowest BCUT2D eigenvalue weighted by Crippen LogP contribution is -2.48. The van der Waals surface area contributed by atoms with E-state index in [4.69, 9.17) is 9.47 Å². The maximum absolute atomic E-state index is 12.4. The normalized spacial score (nSPS) is 18.9. The molecule has 1 saturated heterocycles. The van der Waals surface area contributed by atoms with Gasteiger partial charge >= 0.3 is 0 Å². The average molecular weight is 412 g/mol. The van der Waals surface area contributed by atoms with Crippen LogP contribution in [0.2, 0.25) is 0 Å². The third-order valence-corrected chi connectivity index (χ3v) is 5.51. The summed E-state index contributed by atoms with van der Waals surface area (Å²) in [7, 11) is 1.66. The molecule has 0 saturated carbocycles. The molecule has 9 nitrogen and oxygen atoms in total. The van der Waals surface area contributed by atoms with Gasteiger partial charge < -0.3 is 19.7 Å². The van der Waals surface area contributed by atoms with Gasteiger partial charge in [0.25, 0.3) is 11.6 Å². The van der Waals surface area contributed by atoms with Gasteiger partial charge in [0.15, 0.2) is 6.10 Å². The van der Waals surface area contributed by atoms with Crippen molar-refractivity contribution in [1.29, 1.82) is 0 Å². The maximum Gasteiger partial charge on any atom is 0.271 e. The molecule has 1 amide bonds. The molecule has 2 aliphatic heterocycles. The monoisotopic (exact) mass is 412 g/mol. The van der Waals surface area contributed by atoms with E-state index in [0.717, 1.165) is 38.5 Å². The number of carbonyl (C=O) groups is 1. The zero-order valence-corrected chi connectivity index (χ0v) is 16.7. The summed E-state index contributed by atoms with van der Waals surface area (Å²) in [5.74, 6) is 1.05. The summed E-state index contributed by atoms with van der Waals surface area (Å²) in [6, 6.07) is 12.3. The summed E-state index contributed by atoms with van der Waals surface area (Å²) >= 11 is 0. The number of benzene rings is 2. The summed E-state index contributed by atoms with van der Waals surface area (Å²) < 4.78 is 11.0. The molecule has 0 bridgehead atoms. The lowest BCUT2D eigenvalue weighted by Gasteiger charge is -2.37. The van der Waals surface area contributed by atoms with E-state index >= 15 is 0 Å². The number of non-ortho nitro benzene ring substituents is 1. The molecule has 0 radical (unpaired) electrons. The van der Waals surface area contributed by atoms with E-state index in [2.05, 4.69) is 27.2 Å². The zero-order chi connectivity index (χ0) is 21.1. The Labute approximate surface area is 174 Å². The second kappa shape index (κ2) is 8.58. The molecule has 9 heteroatoms. The minimum Gasteiger partial charge on any atom is -0.497 e. The highest BCUT2D eigenvalue weighted by atomic mass is 16.6. The first-order valence-electron chi connectivity index (χ1n) is 9.91. The topological polar surface area (TPSA) is 97.2 Å². The van der Waals surface area contributed by atoms with Crippen LogP contribution in [0.1, 0.15) is 6.42 Å². The molecule has 0 aromatic heterocycles. The molecule has 30 heavy (non-hydrogen) atoms. The van der Waals surface area contributed by atoms with Gasteiger partial charge in [-0.25, -0.2) is 0 Å². The Morgan fingerprint density at radius 1 is 1.17 bits per heavy atom. The molecule has 2 aromatic rings. The summed E-state index contributed by atoms with van der Waals surface area (Å²) in [5, 5.41) is 13.6. The van der Waals surface area contributed by atoms with Gasteiger partial charge in [0, 0.05) is 57.0 Å². The minimum atomic E-state index is -0.599. The van der Waals surface area contributed by atoms with Crippen LogP contribution in [0.25, 0.3) is 0 Å². The lowest BCUT2D eigenvalue weighted by atomic mass is 10.1. The Morgan fingerprint density at radius 2 is 1.90 bits per heavy atom. The van der Waals surface area contributed by atoms with Crippen molar-refractivity contribution in [2.45, 2.75) is 12.5 Å². The van der Waals surface area contributed by atoms with E-state index in [9.17, 15) is 14.9 Å². The number of nitro groups is 1. The number of carbonyl (C=O) groups excluding carboxylic acids is 1. The first-order chi connectivity index (χ1) is 14.5. The van der Waals surface area contributed by atoms with Gasteiger partial charge in [0.1, 0.15) is 11.5 Å². The molecular weight excluding hydrogens is 388 g/mol. The number of amides is 1. The van der Waals surface area contributed by atoms with Crippen LogP contribution < -0.4 is 19.7 Å². The summed E-state index contributed by atoms with van der Waals surface area (Å²) in [4.78, 5) is 27.4. The number of ether oxygens (including phenoxy) is 2. The van der Waals surface area contributed by atoms with Crippen molar-refractivity contribution >= 4 is 23.0 Å². The van der Waals surface area contributed by atoms with Gasteiger partial charge in [-0.15, -0.1) is 0 Å².